The minimum absolute atomic E-state index is 0.128. The Morgan fingerprint density at radius 3 is 2.62 bits per heavy atom. The fraction of sp³-hybridized carbons (Fsp3) is 0.400. The maximum atomic E-state index is 12.3. The van der Waals surface area contributed by atoms with Gasteiger partial charge in [0.05, 0.1) is 36.6 Å². The van der Waals surface area contributed by atoms with Gasteiger partial charge in [-0.1, -0.05) is 26.2 Å². The molecule has 1 rings (SSSR count). The second kappa shape index (κ2) is 12.7. The van der Waals surface area contributed by atoms with Crippen molar-refractivity contribution >= 4 is 48.2 Å². The molecule has 8 nitrogen and oxygen atoms in total. The molecule has 0 radical (unpaired) electrons. The van der Waals surface area contributed by atoms with Gasteiger partial charge in [0.1, 0.15) is 0 Å². The summed E-state index contributed by atoms with van der Waals surface area (Å²) in [5.41, 5.74) is 7.65. The van der Waals surface area contributed by atoms with Crippen molar-refractivity contribution in [2.75, 3.05) is 30.7 Å². The minimum atomic E-state index is -1.03. The van der Waals surface area contributed by atoms with Gasteiger partial charge in [-0.3, -0.25) is 19.4 Å². The number of amides is 3. The lowest BCUT2D eigenvalue weighted by Crippen LogP contribution is -2.47. The van der Waals surface area contributed by atoms with Crippen molar-refractivity contribution in [3.05, 3.63) is 36.7 Å². The highest BCUT2D eigenvalue weighted by Crippen LogP contribution is 2.15. The van der Waals surface area contributed by atoms with Crippen molar-refractivity contribution in [1.29, 1.82) is 0 Å². The lowest BCUT2D eigenvalue weighted by molar-refractivity contribution is -0.134. The number of aromatic nitrogens is 1. The SMILES string of the molecule is C=Cc1cc(NC(=O)CNC(=O)C(N)CC(=O)N(CCC)CCS)cnc1C=C. The van der Waals surface area contributed by atoms with Gasteiger partial charge in [-0.25, -0.2) is 0 Å². The Kier molecular flexibility index (Phi) is 10.7. The predicted octanol–water partition coefficient (Wildman–Crippen LogP) is 1.31. The highest BCUT2D eigenvalue weighted by atomic mass is 32.1. The van der Waals surface area contributed by atoms with E-state index < -0.39 is 17.9 Å². The molecule has 158 valence electrons. The van der Waals surface area contributed by atoms with Crippen LogP contribution < -0.4 is 16.4 Å². The Labute approximate surface area is 177 Å². The first kappa shape index (κ1) is 24.4. The van der Waals surface area contributed by atoms with Gasteiger partial charge >= 0.3 is 0 Å². The first-order valence-electron chi connectivity index (χ1n) is 9.32. The number of nitrogens with zero attached hydrogens (tertiary/aromatic N) is 2. The van der Waals surface area contributed by atoms with Crippen LogP contribution in [0.2, 0.25) is 0 Å². The molecule has 9 heteroatoms. The maximum Gasteiger partial charge on any atom is 0.243 e. The monoisotopic (exact) mass is 419 g/mol. The number of hydrogen-bond donors (Lipinski definition) is 4. The number of nitrogens with one attached hydrogen (secondary N) is 2. The van der Waals surface area contributed by atoms with Crippen molar-refractivity contribution in [2.45, 2.75) is 25.8 Å². The van der Waals surface area contributed by atoms with E-state index in [1.165, 1.54) is 6.20 Å². The molecule has 1 aromatic rings. The summed E-state index contributed by atoms with van der Waals surface area (Å²) in [6.07, 6.45) is 5.35. The first-order chi connectivity index (χ1) is 13.9. The van der Waals surface area contributed by atoms with Crippen LogP contribution in [0.4, 0.5) is 5.69 Å². The smallest absolute Gasteiger partial charge is 0.243 e. The molecule has 0 bridgehead atoms. The predicted molar refractivity (Wildman–Crippen MR) is 119 cm³/mol. The molecule has 0 spiro atoms. The molecule has 0 saturated carbocycles. The summed E-state index contributed by atoms with van der Waals surface area (Å²) < 4.78 is 0. The molecule has 3 amide bonds. The third-order valence-corrected chi connectivity index (χ3v) is 4.22. The molecule has 0 aliphatic heterocycles. The van der Waals surface area contributed by atoms with E-state index in [9.17, 15) is 14.4 Å². The van der Waals surface area contributed by atoms with Gasteiger partial charge in [0.25, 0.3) is 0 Å². The van der Waals surface area contributed by atoms with Gasteiger partial charge in [0.15, 0.2) is 0 Å². The standard InChI is InChI=1S/C20H29N5O3S/c1-4-7-25(8-9-29)19(27)11-16(21)20(28)23-13-18(26)24-15-10-14(5-2)17(6-3)22-12-15/h5-6,10,12,16,29H,2-4,7-9,11,13,21H2,1H3,(H,23,28)(H,24,26). The number of anilines is 1. The number of thiol groups is 1. The van der Waals surface area contributed by atoms with Crippen LogP contribution in [0.25, 0.3) is 12.2 Å². The molecule has 29 heavy (non-hydrogen) atoms. The van der Waals surface area contributed by atoms with Crippen LogP contribution in [-0.4, -0.2) is 59.0 Å². The quantitative estimate of drug-likeness (QED) is 0.381. The van der Waals surface area contributed by atoms with E-state index in [1.54, 1.807) is 23.1 Å². The number of pyridine rings is 1. The van der Waals surface area contributed by atoms with E-state index in [2.05, 4.69) is 41.4 Å². The van der Waals surface area contributed by atoms with Crippen molar-refractivity contribution < 1.29 is 14.4 Å². The molecule has 0 saturated heterocycles. The van der Waals surface area contributed by atoms with E-state index >= 15 is 0 Å². The summed E-state index contributed by atoms with van der Waals surface area (Å²) in [5.74, 6) is -0.687. The molecule has 1 atom stereocenters. The number of hydrogen-bond acceptors (Lipinski definition) is 6. The van der Waals surface area contributed by atoms with Gasteiger partial charge < -0.3 is 21.3 Å². The molecule has 0 fully saturated rings. The Morgan fingerprint density at radius 1 is 1.31 bits per heavy atom. The van der Waals surface area contributed by atoms with Crippen LogP contribution in [0.3, 0.4) is 0 Å². The van der Waals surface area contributed by atoms with Gasteiger partial charge in [0.2, 0.25) is 17.7 Å². The Morgan fingerprint density at radius 2 is 2.03 bits per heavy atom. The molecule has 0 aliphatic rings. The van der Waals surface area contributed by atoms with E-state index in [-0.39, 0.29) is 18.9 Å². The Bertz CT molecular complexity index is 748. The van der Waals surface area contributed by atoms with Gasteiger partial charge in [0, 0.05) is 24.4 Å². The molecule has 1 aromatic heterocycles. The Hall–Kier alpha value is -2.65. The normalized spacial score (nSPS) is 11.3. The van der Waals surface area contributed by atoms with Crippen LogP contribution >= 0.6 is 12.6 Å². The zero-order chi connectivity index (χ0) is 21.8. The van der Waals surface area contributed by atoms with Crippen LogP contribution in [-0.2, 0) is 14.4 Å². The number of carbonyl (C=O) groups is 3. The lowest BCUT2D eigenvalue weighted by atomic mass is 10.1. The van der Waals surface area contributed by atoms with Crippen LogP contribution in [0.15, 0.2) is 25.4 Å². The Balaban J connectivity index is 2.54. The summed E-state index contributed by atoms with van der Waals surface area (Å²) in [5, 5.41) is 5.08. The summed E-state index contributed by atoms with van der Waals surface area (Å²) in [6.45, 7) is 10.1. The zero-order valence-corrected chi connectivity index (χ0v) is 17.6. The number of carbonyl (C=O) groups excluding carboxylic acids is 3. The van der Waals surface area contributed by atoms with Gasteiger partial charge in [-0.2, -0.15) is 12.6 Å². The summed E-state index contributed by atoms with van der Waals surface area (Å²) in [4.78, 5) is 42.2. The molecule has 4 N–H and O–H groups in total. The number of rotatable bonds is 12. The van der Waals surface area contributed by atoms with Gasteiger partial charge in [-0.05, 0) is 18.6 Å². The topological polar surface area (TPSA) is 117 Å². The largest absolute Gasteiger partial charge is 0.346 e. The molecule has 1 unspecified atom stereocenters. The average Bonchev–Trinajstić information content (AvgIpc) is 2.71. The summed E-state index contributed by atoms with van der Waals surface area (Å²) in [6, 6.07) is 0.667. The van der Waals surface area contributed by atoms with Crippen molar-refractivity contribution in [2.24, 2.45) is 5.73 Å². The molecule has 0 aromatic carbocycles. The van der Waals surface area contributed by atoms with E-state index in [0.717, 1.165) is 12.0 Å². The third-order valence-electron chi connectivity index (χ3n) is 4.02. The second-order valence-electron chi connectivity index (χ2n) is 6.29. The van der Waals surface area contributed by atoms with Crippen molar-refractivity contribution in [3.8, 4) is 0 Å². The fourth-order valence-corrected chi connectivity index (χ4v) is 2.80. The number of nitrogens with two attached hydrogens (primary N) is 1. The minimum Gasteiger partial charge on any atom is -0.346 e. The second-order valence-corrected chi connectivity index (χ2v) is 6.73. The highest BCUT2D eigenvalue weighted by Gasteiger charge is 2.21. The zero-order valence-electron chi connectivity index (χ0n) is 16.7. The van der Waals surface area contributed by atoms with Crippen molar-refractivity contribution in [3.63, 3.8) is 0 Å². The van der Waals surface area contributed by atoms with Gasteiger partial charge in [-0.15, -0.1) is 0 Å². The lowest BCUT2D eigenvalue weighted by Gasteiger charge is -2.22. The third kappa shape index (κ3) is 8.08. The summed E-state index contributed by atoms with van der Waals surface area (Å²) >= 11 is 4.14. The maximum absolute atomic E-state index is 12.3. The van der Waals surface area contributed by atoms with Crippen LogP contribution in [0, 0.1) is 0 Å². The van der Waals surface area contributed by atoms with E-state index in [1.807, 2.05) is 6.92 Å². The van der Waals surface area contributed by atoms with E-state index in [0.29, 0.717) is 30.2 Å². The summed E-state index contributed by atoms with van der Waals surface area (Å²) in [7, 11) is 0. The van der Waals surface area contributed by atoms with Crippen LogP contribution in [0.5, 0.6) is 0 Å². The van der Waals surface area contributed by atoms with Crippen molar-refractivity contribution in [1.82, 2.24) is 15.2 Å². The van der Waals surface area contributed by atoms with E-state index in [4.69, 9.17) is 5.73 Å². The average molecular weight is 420 g/mol. The molecular formula is C20H29N5O3S. The molecule has 0 aliphatic carbocycles. The van der Waals surface area contributed by atoms with Crippen LogP contribution in [0.1, 0.15) is 31.0 Å². The molecular weight excluding hydrogens is 390 g/mol. The first-order valence-corrected chi connectivity index (χ1v) is 9.96. The molecule has 1 heterocycles. The fourth-order valence-electron chi connectivity index (χ4n) is 2.56. The highest BCUT2D eigenvalue weighted by molar-refractivity contribution is 7.80.